The van der Waals surface area contributed by atoms with Gasteiger partial charge in [0.15, 0.2) is 5.65 Å². The van der Waals surface area contributed by atoms with Crippen LogP contribution in [0.5, 0.6) is 11.6 Å². The molecule has 17 heavy (non-hydrogen) atoms. The van der Waals surface area contributed by atoms with E-state index in [0.717, 1.165) is 5.65 Å². The van der Waals surface area contributed by atoms with E-state index in [0.29, 0.717) is 17.3 Å². The maximum Gasteiger partial charge on any atom is 0.222 e. The molecule has 0 aliphatic carbocycles. The molecule has 2 heterocycles. The summed E-state index contributed by atoms with van der Waals surface area (Å²) >= 11 is 0. The van der Waals surface area contributed by atoms with Crippen molar-refractivity contribution in [2.24, 2.45) is 0 Å². The first-order valence-electron chi connectivity index (χ1n) is 5.15. The van der Waals surface area contributed by atoms with Gasteiger partial charge < -0.3 is 10.5 Å². The lowest BCUT2D eigenvalue weighted by Crippen LogP contribution is -1.93. The Morgan fingerprint density at radius 3 is 3.00 bits per heavy atom. The van der Waals surface area contributed by atoms with Crippen molar-refractivity contribution in [1.29, 1.82) is 0 Å². The Balaban J connectivity index is 1.94. The van der Waals surface area contributed by atoms with Crippen LogP contribution >= 0.6 is 0 Å². The van der Waals surface area contributed by atoms with E-state index in [-0.39, 0.29) is 0 Å². The van der Waals surface area contributed by atoms with Crippen molar-refractivity contribution in [1.82, 2.24) is 14.6 Å². The summed E-state index contributed by atoms with van der Waals surface area (Å²) < 4.78 is 7.28. The second-order valence-electron chi connectivity index (χ2n) is 3.57. The molecule has 84 valence electrons. The Hall–Kier alpha value is -2.56. The number of ether oxygens (including phenoxy) is 1. The van der Waals surface area contributed by atoms with E-state index in [1.165, 1.54) is 0 Å². The number of hydrogen-bond acceptors (Lipinski definition) is 4. The van der Waals surface area contributed by atoms with Gasteiger partial charge in [0.2, 0.25) is 5.88 Å². The van der Waals surface area contributed by atoms with E-state index in [1.54, 1.807) is 35.1 Å². The summed E-state index contributed by atoms with van der Waals surface area (Å²) in [7, 11) is 0. The Morgan fingerprint density at radius 1 is 1.18 bits per heavy atom. The monoisotopic (exact) mass is 226 g/mol. The molecule has 2 N–H and O–H groups in total. The largest absolute Gasteiger partial charge is 0.439 e. The summed E-state index contributed by atoms with van der Waals surface area (Å²) in [6, 6.07) is 10.8. The van der Waals surface area contributed by atoms with E-state index >= 15 is 0 Å². The number of benzene rings is 1. The average Bonchev–Trinajstić information content (AvgIpc) is 2.76. The van der Waals surface area contributed by atoms with Gasteiger partial charge in [-0.1, -0.05) is 6.07 Å². The molecule has 0 bridgehead atoms. The summed E-state index contributed by atoms with van der Waals surface area (Å²) in [5, 5.41) is 4.06. The zero-order valence-electron chi connectivity index (χ0n) is 8.95. The summed E-state index contributed by atoms with van der Waals surface area (Å²) in [4.78, 5) is 4.30. The molecule has 0 saturated carbocycles. The first-order chi connectivity index (χ1) is 8.31. The van der Waals surface area contributed by atoms with Gasteiger partial charge in [0, 0.05) is 30.1 Å². The first kappa shape index (κ1) is 9.65. The fourth-order valence-electron chi connectivity index (χ4n) is 1.55. The van der Waals surface area contributed by atoms with Crippen LogP contribution in [-0.2, 0) is 0 Å². The third-order valence-corrected chi connectivity index (χ3v) is 2.31. The Kier molecular flexibility index (Phi) is 2.15. The van der Waals surface area contributed by atoms with Crippen molar-refractivity contribution in [3.8, 4) is 11.6 Å². The molecule has 0 radical (unpaired) electrons. The highest BCUT2D eigenvalue weighted by atomic mass is 16.5. The molecule has 3 rings (SSSR count). The normalized spacial score (nSPS) is 10.6. The number of nitrogen functional groups attached to an aromatic ring is 1. The molecule has 0 aliphatic rings. The van der Waals surface area contributed by atoms with Gasteiger partial charge in [-0.3, -0.25) is 0 Å². The molecular formula is C12H10N4O. The maximum atomic E-state index is 5.67. The van der Waals surface area contributed by atoms with Gasteiger partial charge in [0.25, 0.3) is 0 Å². The van der Waals surface area contributed by atoms with Gasteiger partial charge in [0.1, 0.15) is 5.75 Å². The summed E-state index contributed by atoms with van der Waals surface area (Å²) in [5.41, 5.74) is 7.07. The Bertz CT molecular complexity index is 662. The number of nitrogens with zero attached hydrogens (tertiary/aromatic N) is 3. The van der Waals surface area contributed by atoms with Crippen molar-refractivity contribution in [3.05, 3.63) is 48.8 Å². The van der Waals surface area contributed by atoms with Crippen LogP contribution in [0.1, 0.15) is 0 Å². The van der Waals surface area contributed by atoms with Gasteiger partial charge in [-0.15, -0.1) is 0 Å². The molecule has 1 aromatic carbocycles. The number of hydrogen-bond donors (Lipinski definition) is 1. The molecular weight excluding hydrogens is 216 g/mol. The van der Waals surface area contributed by atoms with Crippen LogP contribution in [0.4, 0.5) is 5.69 Å². The fourth-order valence-corrected chi connectivity index (χ4v) is 1.55. The molecule has 0 fully saturated rings. The molecule has 0 atom stereocenters. The van der Waals surface area contributed by atoms with Crippen molar-refractivity contribution < 1.29 is 4.74 Å². The molecule has 0 spiro atoms. The van der Waals surface area contributed by atoms with Crippen LogP contribution in [0.3, 0.4) is 0 Å². The molecule has 0 saturated heterocycles. The lowest BCUT2D eigenvalue weighted by atomic mass is 10.3. The lowest BCUT2D eigenvalue weighted by molar-refractivity contribution is 0.463. The van der Waals surface area contributed by atoms with Crippen LogP contribution in [0, 0.1) is 0 Å². The minimum Gasteiger partial charge on any atom is -0.439 e. The summed E-state index contributed by atoms with van der Waals surface area (Å²) in [6.45, 7) is 0. The maximum absolute atomic E-state index is 5.67. The molecule has 5 nitrogen and oxygen atoms in total. The van der Waals surface area contributed by atoms with Crippen molar-refractivity contribution in [2.45, 2.75) is 0 Å². The zero-order chi connectivity index (χ0) is 11.7. The number of anilines is 1. The van der Waals surface area contributed by atoms with E-state index in [1.807, 2.05) is 18.2 Å². The van der Waals surface area contributed by atoms with E-state index in [9.17, 15) is 0 Å². The van der Waals surface area contributed by atoms with Gasteiger partial charge in [-0.2, -0.15) is 10.1 Å². The summed E-state index contributed by atoms with van der Waals surface area (Å²) in [6.07, 6.45) is 3.48. The Labute approximate surface area is 97.5 Å². The topological polar surface area (TPSA) is 65.4 Å². The third kappa shape index (κ3) is 1.90. The molecule has 0 amide bonds. The van der Waals surface area contributed by atoms with Crippen LogP contribution in [-0.4, -0.2) is 14.6 Å². The smallest absolute Gasteiger partial charge is 0.222 e. The SMILES string of the molecule is Nc1cccc(Oc2ccn3nccc3n2)c1. The van der Waals surface area contributed by atoms with Gasteiger partial charge in [-0.25, -0.2) is 4.52 Å². The number of nitrogens with two attached hydrogens (primary N) is 1. The van der Waals surface area contributed by atoms with Crippen LogP contribution < -0.4 is 10.5 Å². The standard InChI is InChI=1S/C12H10N4O/c13-9-2-1-3-10(8-9)17-12-5-7-16-11(15-12)4-6-14-16/h1-8H,13H2. The highest BCUT2D eigenvalue weighted by Crippen LogP contribution is 2.21. The number of fused-ring (bicyclic) bond motifs is 1. The molecule has 0 aliphatic heterocycles. The molecule has 0 unspecified atom stereocenters. The lowest BCUT2D eigenvalue weighted by Gasteiger charge is -2.05. The third-order valence-electron chi connectivity index (χ3n) is 2.31. The average molecular weight is 226 g/mol. The minimum absolute atomic E-state index is 0.517. The predicted molar refractivity (Wildman–Crippen MR) is 63.9 cm³/mol. The van der Waals surface area contributed by atoms with E-state index in [4.69, 9.17) is 10.5 Å². The number of aromatic nitrogens is 3. The molecule has 3 aromatic rings. The predicted octanol–water partition coefficient (Wildman–Crippen LogP) is 2.10. The van der Waals surface area contributed by atoms with Crippen molar-refractivity contribution in [3.63, 3.8) is 0 Å². The van der Waals surface area contributed by atoms with Crippen LogP contribution in [0.2, 0.25) is 0 Å². The zero-order valence-corrected chi connectivity index (χ0v) is 8.95. The van der Waals surface area contributed by atoms with Crippen LogP contribution in [0.25, 0.3) is 5.65 Å². The Morgan fingerprint density at radius 2 is 2.12 bits per heavy atom. The van der Waals surface area contributed by atoms with E-state index < -0.39 is 0 Å². The summed E-state index contributed by atoms with van der Waals surface area (Å²) in [5.74, 6) is 1.19. The van der Waals surface area contributed by atoms with Crippen molar-refractivity contribution >= 4 is 11.3 Å². The highest BCUT2D eigenvalue weighted by Gasteiger charge is 2.01. The van der Waals surface area contributed by atoms with Crippen LogP contribution in [0.15, 0.2) is 48.8 Å². The molecule has 2 aromatic heterocycles. The second kappa shape index (κ2) is 3.79. The second-order valence-corrected chi connectivity index (χ2v) is 3.57. The highest BCUT2D eigenvalue weighted by molar-refractivity contribution is 5.45. The molecule has 5 heteroatoms. The quantitative estimate of drug-likeness (QED) is 0.679. The first-order valence-corrected chi connectivity index (χ1v) is 5.15. The van der Waals surface area contributed by atoms with Gasteiger partial charge in [-0.05, 0) is 12.1 Å². The van der Waals surface area contributed by atoms with Crippen molar-refractivity contribution in [2.75, 3.05) is 5.73 Å². The number of rotatable bonds is 2. The minimum atomic E-state index is 0.517. The van der Waals surface area contributed by atoms with E-state index in [2.05, 4.69) is 10.1 Å². The van der Waals surface area contributed by atoms with Gasteiger partial charge >= 0.3 is 0 Å². The fraction of sp³-hybridized carbons (Fsp3) is 0. The van der Waals surface area contributed by atoms with Gasteiger partial charge in [0.05, 0.1) is 6.20 Å².